The summed E-state index contributed by atoms with van der Waals surface area (Å²) in [5, 5.41) is 17.9. The number of nitrogens with zero attached hydrogens (tertiary/aromatic N) is 5. The summed E-state index contributed by atoms with van der Waals surface area (Å²) in [5.74, 6) is 0.102. The molecule has 0 radical (unpaired) electrons. The average molecular weight is 270 g/mol. The van der Waals surface area contributed by atoms with Crippen LogP contribution in [0.15, 0.2) is 29.7 Å². The molecule has 0 bridgehead atoms. The van der Waals surface area contributed by atoms with Gasteiger partial charge < -0.3 is 0 Å². The lowest BCUT2D eigenvalue weighted by Crippen LogP contribution is -2.45. The topological polar surface area (TPSA) is 94.3 Å². The van der Waals surface area contributed by atoms with E-state index in [-0.39, 0.29) is 5.96 Å². The minimum Gasteiger partial charge on any atom is -0.268 e. The molecule has 18 heavy (non-hydrogen) atoms. The summed E-state index contributed by atoms with van der Waals surface area (Å²) in [4.78, 5) is 22.4. The number of carbonyl (C=O) groups excluding carboxylic acids is 1. The molecule has 96 valence electrons. The maximum atomic E-state index is 11.5. The van der Waals surface area contributed by atoms with Crippen LogP contribution in [-0.2, 0) is 0 Å². The Bertz CT molecular complexity index is 475. The Hall–Kier alpha value is -2.23. The van der Waals surface area contributed by atoms with Gasteiger partial charge in [-0.3, -0.25) is 5.32 Å². The summed E-state index contributed by atoms with van der Waals surface area (Å²) in [5.41, 5.74) is 0.527. The van der Waals surface area contributed by atoms with E-state index in [1.807, 2.05) is 0 Å². The fourth-order valence-corrected chi connectivity index (χ4v) is 1.92. The molecule has 0 aromatic rings. The van der Waals surface area contributed by atoms with Gasteiger partial charge in [0.05, 0.1) is 17.0 Å². The zero-order valence-electron chi connectivity index (χ0n) is 9.44. The summed E-state index contributed by atoms with van der Waals surface area (Å²) in [6.07, 6.45) is 5.36. The number of nitrogens with one attached hydrogen (secondary N) is 1. The molecule has 0 aromatic heterocycles. The first-order valence-electron chi connectivity index (χ1n) is 4.87. The summed E-state index contributed by atoms with van der Waals surface area (Å²) in [7, 11) is 0. The monoisotopic (exact) mass is 270 g/mol. The van der Waals surface area contributed by atoms with E-state index < -0.39 is 11.1 Å². The SMILES string of the molecule is C=CCC1=CN(SC)N=C2NC(=O)N([N+](=O)[O-])N12. The van der Waals surface area contributed by atoms with Gasteiger partial charge in [0.15, 0.2) is 5.03 Å². The van der Waals surface area contributed by atoms with Gasteiger partial charge in [-0.2, -0.15) is 5.01 Å². The Morgan fingerprint density at radius 3 is 3.00 bits per heavy atom. The molecule has 0 saturated carbocycles. The van der Waals surface area contributed by atoms with Gasteiger partial charge in [0.1, 0.15) is 0 Å². The number of carbonyl (C=O) groups is 1. The second kappa shape index (κ2) is 4.56. The van der Waals surface area contributed by atoms with Crippen LogP contribution in [0.2, 0.25) is 0 Å². The molecule has 2 rings (SSSR count). The summed E-state index contributed by atoms with van der Waals surface area (Å²) in [6, 6.07) is -0.850. The standard InChI is InChI=1S/C8H10N6O3S/c1-3-4-6-5-11(18-2)10-7-9-8(15)13(12(6)7)14(16)17/h3,5H,1,4H2,2H3,(H,9,10,15). The van der Waals surface area contributed by atoms with Crippen LogP contribution in [0.4, 0.5) is 4.79 Å². The molecule has 1 saturated heterocycles. The van der Waals surface area contributed by atoms with Gasteiger partial charge in [0.25, 0.3) is 5.96 Å². The Labute approximate surface area is 107 Å². The Morgan fingerprint density at radius 2 is 2.44 bits per heavy atom. The molecule has 10 heteroatoms. The van der Waals surface area contributed by atoms with E-state index in [1.165, 1.54) is 16.4 Å². The van der Waals surface area contributed by atoms with E-state index in [0.717, 1.165) is 5.01 Å². The van der Waals surface area contributed by atoms with Gasteiger partial charge in [0.2, 0.25) is 0 Å². The van der Waals surface area contributed by atoms with Crippen molar-refractivity contribution in [2.75, 3.05) is 6.26 Å². The molecule has 0 spiro atoms. The van der Waals surface area contributed by atoms with Crippen molar-refractivity contribution in [3.05, 3.63) is 34.7 Å². The lowest BCUT2D eigenvalue weighted by molar-refractivity contribution is -0.662. The minimum absolute atomic E-state index is 0.102. The largest absolute Gasteiger partial charge is 0.408 e. The number of hydrogen-bond donors (Lipinski definition) is 1. The maximum absolute atomic E-state index is 11.5. The third-order valence-corrected chi connectivity index (χ3v) is 2.77. The quantitative estimate of drug-likeness (QED) is 0.350. The van der Waals surface area contributed by atoms with Crippen LogP contribution < -0.4 is 5.32 Å². The van der Waals surface area contributed by atoms with E-state index in [1.54, 1.807) is 18.5 Å². The molecule has 0 unspecified atom stereocenters. The van der Waals surface area contributed by atoms with Gasteiger partial charge in [-0.05, 0) is 11.9 Å². The number of hydrazine groups is 2. The van der Waals surface area contributed by atoms with Gasteiger partial charge in [0, 0.05) is 12.7 Å². The Kier molecular flexibility index (Phi) is 3.10. The highest BCUT2D eigenvalue weighted by molar-refractivity contribution is 7.96. The minimum atomic E-state index is -0.850. The first-order chi connectivity index (χ1) is 8.58. The van der Waals surface area contributed by atoms with Crippen molar-refractivity contribution in [1.29, 1.82) is 0 Å². The third kappa shape index (κ3) is 1.86. The van der Waals surface area contributed by atoms with Crippen molar-refractivity contribution >= 4 is 23.9 Å². The lowest BCUT2D eigenvalue weighted by atomic mass is 10.3. The van der Waals surface area contributed by atoms with Crippen LogP contribution in [0.1, 0.15) is 6.42 Å². The van der Waals surface area contributed by atoms with E-state index in [9.17, 15) is 14.9 Å². The Morgan fingerprint density at radius 1 is 1.72 bits per heavy atom. The second-order valence-electron chi connectivity index (χ2n) is 3.29. The fourth-order valence-electron chi connectivity index (χ4n) is 1.54. The van der Waals surface area contributed by atoms with Crippen LogP contribution in [0.25, 0.3) is 0 Å². The maximum Gasteiger partial charge on any atom is 0.408 e. The number of urea groups is 1. The molecule has 0 aliphatic carbocycles. The third-order valence-electron chi connectivity index (χ3n) is 2.21. The fraction of sp³-hybridized carbons (Fsp3) is 0.250. The smallest absolute Gasteiger partial charge is 0.268 e. The van der Waals surface area contributed by atoms with Crippen molar-refractivity contribution in [2.45, 2.75) is 6.42 Å². The molecule has 2 aliphatic heterocycles. The molecule has 2 heterocycles. The van der Waals surface area contributed by atoms with Crippen LogP contribution in [-0.4, -0.2) is 37.8 Å². The summed E-state index contributed by atoms with van der Waals surface area (Å²) < 4.78 is 1.51. The number of hydrogen-bond acceptors (Lipinski definition) is 7. The molecule has 2 amide bonds. The number of nitro groups is 1. The molecule has 2 aliphatic rings. The summed E-state index contributed by atoms with van der Waals surface area (Å²) in [6.45, 7) is 3.58. The highest BCUT2D eigenvalue weighted by atomic mass is 32.2. The van der Waals surface area contributed by atoms with Crippen LogP contribution in [0.5, 0.6) is 0 Å². The van der Waals surface area contributed by atoms with E-state index in [4.69, 9.17) is 0 Å². The van der Waals surface area contributed by atoms with Gasteiger partial charge in [-0.15, -0.1) is 11.7 Å². The van der Waals surface area contributed by atoms with Gasteiger partial charge in [-0.1, -0.05) is 6.08 Å². The highest BCUT2D eigenvalue weighted by Crippen LogP contribution is 2.25. The highest BCUT2D eigenvalue weighted by Gasteiger charge is 2.46. The first-order valence-corrected chi connectivity index (χ1v) is 6.05. The molecular formula is C8H10N6O3S. The zero-order chi connectivity index (χ0) is 13.3. The van der Waals surface area contributed by atoms with Crippen molar-refractivity contribution in [2.24, 2.45) is 5.10 Å². The molecule has 0 aromatic carbocycles. The summed E-state index contributed by atoms with van der Waals surface area (Å²) >= 11 is 1.30. The number of rotatable bonds is 4. The normalized spacial score (nSPS) is 18.1. The van der Waals surface area contributed by atoms with Gasteiger partial charge in [-0.25, -0.2) is 19.3 Å². The Balaban J connectivity index is 2.40. The zero-order valence-corrected chi connectivity index (χ0v) is 10.3. The van der Waals surface area contributed by atoms with Crippen LogP contribution in [0, 0.1) is 10.1 Å². The van der Waals surface area contributed by atoms with E-state index in [2.05, 4.69) is 17.0 Å². The number of guanidine groups is 1. The average Bonchev–Trinajstić information content (AvgIpc) is 2.65. The molecular weight excluding hydrogens is 260 g/mol. The van der Waals surface area contributed by atoms with E-state index in [0.29, 0.717) is 17.2 Å². The number of amides is 2. The van der Waals surface area contributed by atoms with Crippen molar-refractivity contribution < 1.29 is 9.83 Å². The number of fused-ring (bicyclic) bond motifs is 1. The van der Waals surface area contributed by atoms with Crippen molar-refractivity contribution in [3.8, 4) is 0 Å². The van der Waals surface area contributed by atoms with Crippen LogP contribution >= 0.6 is 11.9 Å². The predicted molar refractivity (Wildman–Crippen MR) is 64.9 cm³/mol. The first kappa shape index (κ1) is 12.2. The van der Waals surface area contributed by atoms with Crippen molar-refractivity contribution in [3.63, 3.8) is 0 Å². The van der Waals surface area contributed by atoms with Gasteiger partial charge >= 0.3 is 6.03 Å². The second-order valence-corrected chi connectivity index (χ2v) is 4.03. The molecule has 1 N–H and O–H groups in total. The molecule has 0 atom stereocenters. The number of allylic oxidation sites excluding steroid dienone is 1. The molecule has 9 nitrogen and oxygen atoms in total. The van der Waals surface area contributed by atoms with Crippen molar-refractivity contribution in [1.82, 2.24) is 19.9 Å². The molecule has 1 fully saturated rings. The lowest BCUT2D eigenvalue weighted by Gasteiger charge is -2.27. The van der Waals surface area contributed by atoms with Crippen LogP contribution in [0.3, 0.4) is 0 Å². The number of hydrazone groups is 1. The van der Waals surface area contributed by atoms with E-state index >= 15 is 0 Å². The predicted octanol–water partition coefficient (Wildman–Crippen LogP) is 0.702.